The summed E-state index contributed by atoms with van der Waals surface area (Å²) in [5.74, 6) is -0.790. The third-order valence-corrected chi connectivity index (χ3v) is 5.78. The van der Waals surface area contributed by atoms with Crippen molar-refractivity contribution >= 4 is 21.7 Å². The Bertz CT molecular complexity index is 991. The maximum atomic E-state index is 13.4. The molecule has 1 aliphatic rings. The number of carbonyl (C=O) groups is 1. The number of carbonyl (C=O) groups excluding carboxylic acids is 1. The Kier molecular flexibility index (Phi) is 5.92. The van der Waals surface area contributed by atoms with Crippen molar-refractivity contribution in [1.29, 1.82) is 0 Å². The maximum Gasteiger partial charge on any atom is 0.260 e. The summed E-state index contributed by atoms with van der Waals surface area (Å²) in [6.45, 7) is 2.34. The molecule has 1 fully saturated rings. The van der Waals surface area contributed by atoms with Crippen LogP contribution in [-0.4, -0.2) is 45.7 Å². The first kappa shape index (κ1) is 20.2. The van der Waals surface area contributed by atoms with Crippen molar-refractivity contribution in [1.82, 2.24) is 9.71 Å². The zero-order chi connectivity index (χ0) is 20.3. The molecule has 8 nitrogen and oxygen atoms in total. The van der Waals surface area contributed by atoms with Crippen molar-refractivity contribution in [2.75, 3.05) is 25.6 Å². The van der Waals surface area contributed by atoms with Gasteiger partial charge in [0.1, 0.15) is 17.4 Å². The van der Waals surface area contributed by atoms with E-state index in [4.69, 9.17) is 9.47 Å². The molecule has 1 aromatic carbocycles. The van der Waals surface area contributed by atoms with E-state index in [1.807, 2.05) is 0 Å². The second-order valence-corrected chi connectivity index (χ2v) is 8.03. The van der Waals surface area contributed by atoms with E-state index in [0.717, 1.165) is 6.20 Å². The summed E-state index contributed by atoms with van der Waals surface area (Å²) in [5, 5.41) is 2.52. The lowest BCUT2D eigenvalue weighted by molar-refractivity contribution is 0.102. The second-order valence-electron chi connectivity index (χ2n) is 6.32. The zero-order valence-electron chi connectivity index (χ0n) is 15.4. The van der Waals surface area contributed by atoms with Crippen LogP contribution in [0.25, 0.3) is 0 Å². The van der Waals surface area contributed by atoms with E-state index in [2.05, 4.69) is 15.0 Å². The quantitative estimate of drug-likeness (QED) is 0.754. The van der Waals surface area contributed by atoms with Gasteiger partial charge in [-0.15, -0.1) is 0 Å². The number of nitrogens with zero attached hydrogens (tertiary/aromatic N) is 1. The standard InChI is InChI=1S/C18H20FN3O5S/c1-11-7-17(20-9-15(11)19)21-18(23)14-8-13(3-4-16(14)26-2)28(24,25)22-12-5-6-27-10-12/h3-4,7-9,12,22H,5-6,10H2,1-2H3,(H,20,21,23)/t12-/m0/s1. The number of methoxy groups -OCH3 is 1. The number of aryl methyl sites for hydroxylation is 1. The number of aromatic nitrogens is 1. The SMILES string of the molecule is COc1ccc(S(=O)(=O)N[C@H]2CCOC2)cc1C(=O)Nc1cc(C)c(F)cn1. The third kappa shape index (κ3) is 4.46. The van der Waals surface area contributed by atoms with Gasteiger partial charge in [-0.2, -0.15) is 0 Å². The van der Waals surface area contributed by atoms with Crippen molar-refractivity contribution in [3.8, 4) is 5.75 Å². The van der Waals surface area contributed by atoms with Gasteiger partial charge >= 0.3 is 0 Å². The summed E-state index contributed by atoms with van der Waals surface area (Å²) in [6.07, 6.45) is 1.58. The molecule has 2 aromatic rings. The first-order valence-electron chi connectivity index (χ1n) is 8.52. The van der Waals surface area contributed by atoms with E-state index >= 15 is 0 Å². The van der Waals surface area contributed by atoms with Gasteiger partial charge in [0.2, 0.25) is 10.0 Å². The highest BCUT2D eigenvalue weighted by Crippen LogP contribution is 2.24. The van der Waals surface area contributed by atoms with Crippen LogP contribution in [0.15, 0.2) is 35.4 Å². The molecule has 0 bridgehead atoms. The van der Waals surface area contributed by atoms with Crippen molar-refractivity contribution in [3.63, 3.8) is 0 Å². The van der Waals surface area contributed by atoms with Gasteiger partial charge < -0.3 is 14.8 Å². The lowest BCUT2D eigenvalue weighted by Crippen LogP contribution is -2.35. The number of sulfonamides is 1. The Morgan fingerprint density at radius 2 is 2.14 bits per heavy atom. The predicted molar refractivity (Wildman–Crippen MR) is 99.4 cm³/mol. The average molecular weight is 409 g/mol. The molecule has 3 rings (SSSR count). The van der Waals surface area contributed by atoms with Crippen LogP contribution in [0.1, 0.15) is 22.3 Å². The lowest BCUT2D eigenvalue weighted by Gasteiger charge is -2.14. The second kappa shape index (κ2) is 8.21. The Hall–Kier alpha value is -2.56. The number of hydrogen-bond donors (Lipinski definition) is 2. The summed E-state index contributed by atoms with van der Waals surface area (Å²) >= 11 is 0. The van der Waals surface area contributed by atoms with Gasteiger partial charge in [0, 0.05) is 12.6 Å². The third-order valence-electron chi connectivity index (χ3n) is 4.27. The van der Waals surface area contributed by atoms with Gasteiger partial charge in [0.15, 0.2) is 0 Å². The number of anilines is 1. The molecule has 10 heteroatoms. The molecular formula is C18H20FN3O5S. The molecule has 0 unspecified atom stereocenters. The molecule has 1 atom stereocenters. The Morgan fingerprint density at radius 3 is 2.79 bits per heavy atom. The lowest BCUT2D eigenvalue weighted by atomic mass is 10.2. The molecule has 1 aromatic heterocycles. The molecule has 150 valence electrons. The predicted octanol–water partition coefficient (Wildman–Crippen LogP) is 1.86. The fraction of sp³-hybridized carbons (Fsp3) is 0.333. The van der Waals surface area contributed by atoms with E-state index in [9.17, 15) is 17.6 Å². The molecule has 0 spiro atoms. The largest absolute Gasteiger partial charge is 0.496 e. The molecule has 0 saturated carbocycles. The molecule has 1 aliphatic heterocycles. The van der Waals surface area contributed by atoms with Crippen LogP contribution in [0.2, 0.25) is 0 Å². The molecule has 1 amide bonds. The summed E-state index contributed by atoms with van der Waals surface area (Å²) < 4.78 is 51.5. The van der Waals surface area contributed by atoms with Crippen LogP contribution < -0.4 is 14.8 Å². The van der Waals surface area contributed by atoms with Crippen LogP contribution in [0.5, 0.6) is 5.75 Å². The number of halogens is 1. The van der Waals surface area contributed by atoms with Gasteiger partial charge in [0.25, 0.3) is 5.91 Å². The first-order valence-corrected chi connectivity index (χ1v) is 10.00. The minimum atomic E-state index is -3.84. The number of benzene rings is 1. The van der Waals surface area contributed by atoms with Crippen molar-refractivity contribution in [3.05, 3.63) is 47.4 Å². The molecule has 1 saturated heterocycles. The van der Waals surface area contributed by atoms with Gasteiger partial charge in [-0.3, -0.25) is 4.79 Å². The molecule has 2 N–H and O–H groups in total. The Labute approximate surface area is 162 Å². The topological polar surface area (TPSA) is 107 Å². The number of nitrogens with one attached hydrogen (secondary N) is 2. The summed E-state index contributed by atoms with van der Waals surface area (Å²) in [6, 6.07) is 5.05. The summed E-state index contributed by atoms with van der Waals surface area (Å²) in [4.78, 5) is 16.4. The summed E-state index contributed by atoms with van der Waals surface area (Å²) in [7, 11) is -2.47. The van der Waals surface area contributed by atoms with Crippen molar-refractivity contribution in [2.24, 2.45) is 0 Å². The molecule has 28 heavy (non-hydrogen) atoms. The molecule has 2 heterocycles. The highest BCUT2D eigenvalue weighted by molar-refractivity contribution is 7.89. The van der Waals surface area contributed by atoms with Gasteiger partial charge in [0.05, 0.1) is 30.4 Å². The summed E-state index contributed by atoms with van der Waals surface area (Å²) in [5.41, 5.74) is 0.327. The van der Waals surface area contributed by atoms with Crippen molar-refractivity contribution < 1.29 is 27.1 Å². The van der Waals surface area contributed by atoms with Crippen LogP contribution in [0.3, 0.4) is 0 Å². The Morgan fingerprint density at radius 1 is 1.36 bits per heavy atom. The van der Waals surface area contributed by atoms with Crippen LogP contribution in [0, 0.1) is 12.7 Å². The normalized spacial score (nSPS) is 16.8. The fourth-order valence-corrected chi connectivity index (χ4v) is 4.02. The van der Waals surface area contributed by atoms with E-state index in [1.165, 1.54) is 31.4 Å². The number of rotatable bonds is 6. The number of ether oxygens (including phenoxy) is 2. The molecular weight excluding hydrogens is 389 g/mol. The minimum absolute atomic E-state index is 0.0109. The van der Waals surface area contributed by atoms with Gasteiger partial charge in [-0.25, -0.2) is 22.5 Å². The zero-order valence-corrected chi connectivity index (χ0v) is 16.2. The average Bonchev–Trinajstić information content (AvgIpc) is 3.16. The smallest absolute Gasteiger partial charge is 0.260 e. The highest BCUT2D eigenvalue weighted by atomic mass is 32.2. The van der Waals surface area contributed by atoms with Crippen LogP contribution >= 0.6 is 0 Å². The first-order chi connectivity index (χ1) is 13.3. The maximum absolute atomic E-state index is 13.4. The fourth-order valence-electron chi connectivity index (χ4n) is 2.74. The van der Waals surface area contributed by atoms with Crippen LogP contribution in [-0.2, 0) is 14.8 Å². The molecule has 0 aliphatic carbocycles. The van der Waals surface area contributed by atoms with E-state index in [0.29, 0.717) is 25.2 Å². The van der Waals surface area contributed by atoms with E-state index < -0.39 is 21.7 Å². The van der Waals surface area contributed by atoms with Crippen LogP contribution in [0.4, 0.5) is 10.2 Å². The van der Waals surface area contributed by atoms with E-state index in [-0.39, 0.29) is 28.1 Å². The number of amides is 1. The molecule has 0 radical (unpaired) electrons. The Balaban J connectivity index is 1.87. The van der Waals surface area contributed by atoms with Gasteiger partial charge in [-0.1, -0.05) is 0 Å². The highest BCUT2D eigenvalue weighted by Gasteiger charge is 2.25. The van der Waals surface area contributed by atoms with Gasteiger partial charge in [-0.05, 0) is 43.2 Å². The van der Waals surface area contributed by atoms with Crippen molar-refractivity contribution in [2.45, 2.75) is 24.3 Å². The van der Waals surface area contributed by atoms with E-state index in [1.54, 1.807) is 6.92 Å². The minimum Gasteiger partial charge on any atom is -0.496 e. The number of pyridine rings is 1. The number of hydrogen-bond acceptors (Lipinski definition) is 6. The monoisotopic (exact) mass is 409 g/mol.